The number of carbonyl (C=O) groups is 1. The zero-order valence-corrected chi connectivity index (χ0v) is 15.0. The summed E-state index contributed by atoms with van der Waals surface area (Å²) in [6.07, 6.45) is 1.49. The predicted octanol–water partition coefficient (Wildman–Crippen LogP) is 2.77. The molecule has 1 saturated heterocycles. The van der Waals surface area contributed by atoms with Gasteiger partial charge in [0.2, 0.25) is 5.88 Å². The van der Waals surface area contributed by atoms with Crippen molar-refractivity contribution in [3.05, 3.63) is 42.2 Å². The van der Waals surface area contributed by atoms with Gasteiger partial charge in [-0.05, 0) is 12.1 Å². The number of carboxylic acid groups (broad SMARTS) is 1. The molecule has 1 amide bonds. The number of aromatic nitrogens is 2. The topological polar surface area (TPSA) is 96.8 Å². The highest BCUT2D eigenvalue weighted by molar-refractivity contribution is 5.65. The predicted molar refractivity (Wildman–Crippen MR) is 95.6 cm³/mol. The van der Waals surface area contributed by atoms with Crippen molar-refractivity contribution in [2.45, 2.75) is 18.9 Å². The molecule has 150 valence electrons. The fourth-order valence-electron chi connectivity index (χ4n) is 2.76. The van der Waals surface area contributed by atoms with Crippen LogP contribution in [0.2, 0.25) is 0 Å². The largest absolute Gasteiger partial charge is 0.489 e. The molecule has 1 aromatic heterocycles. The summed E-state index contributed by atoms with van der Waals surface area (Å²) in [5.74, 6) is -0.481. The van der Waals surface area contributed by atoms with Gasteiger partial charge in [0, 0.05) is 38.1 Å². The van der Waals surface area contributed by atoms with Crippen LogP contribution in [0, 0.1) is 11.6 Å². The van der Waals surface area contributed by atoms with Gasteiger partial charge in [0.05, 0.1) is 6.54 Å². The van der Waals surface area contributed by atoms with Crippen LogP contribution in [0.25, 0.3) is 0 Å². The van der Waals surface area contributed by atoms with Crippen molar-refractivity contribution in [3.8, 4) is 11.6 Å². The molecule has 10 heteroatoms. The molecular formula is C18H20F2N4O4. The van der Waals surface area contributed by atoms with E-state index in [1.807, 2.05) is 0 Å². The zero-order valence-electron chi connectivity index (χ0n) is 15.0. The summed E-state index contributed by atoms with van der Waals surface area (Å²) in [5.41, 5.74) is 0. The standard InChI is InChI=1S/C18H20F2N4O4/c19-12-1-2-14(20)15(9-12)27-8-5-21-16-10-17(23-11-22-16)28-13-3-6-24(7-4-13)18(25)26/h1-2,9-11,13H,3-8H2,(H,25,26)(H,21,22,23). The van der Waals surface area contributed by atoms with Crippen molar-refractivity contribution in [2.24, 2.45) is 0 Å². The second-order valence-corrected chi connectivity index (χ2v) is 6.18. The number of hydrogen-bond donors (Lipinski definition) is 2. The van der Waals surface area contributed by atoms with Crippen molar-refractivity contribution in [3.63, 3.8) is 0 Å². The average Bonchev–Trinajstić information content (AvgIpc) is 2.68. The van der Waals surface area contributed by atoms with Gasteiger partial charge in [-0.2, -0.15) is 0 Å². The first-order valence-electron chi connectivity index (χ1n) is 8.79. The summed E-state index contributed by atoms with van der Waals surface area (Å²) >= 11 is 0. The van der Waals surface area contributed by atoms with E-state index in [9.17, 15) is 13.6 Å². The number of hydrogen-bond acceptors (Lipinski definition) is 6. The lowest BCUT2D eigenvalue weighted by Crippen LogP contribution is -2.41. The van der Waals surface area contributed by atoms with Crippen molar-refractivity contribution in [2.75, 3.05) is 31.6 Å². The minimum absolute atomic E-state index is 0.105. The smallest absolute Gasteiger partial charge is 0.407 e. The fourth-order valence-corrected chi connectivity index (χ4v) is 2.76. The van der Waals surface area contributed by atoms with Crippen molar-refractivity contribution in [1.82, 2.24) is 14.9 Å². The van der Waals surface area contributed by atoms with Crippen LogP contribution >= 0.6 is 0 Å². The van der Waals surface area contributed by atoms with Crippen LogP contribution in [-0.2, 0) is 0 Å². The molecule has 0 saturated carbocycles. The summed E-state index contributed by atoms with van der Waals surface area (Å²) in [5, 5.41) is 12.0. The Balaban J connectivity index is 1.45. The summed E-state index contributed by atoms with van der Waals surface area (Å²) in [6, 6.07) is 4.63. The maximum Gasteiger partial charge on any atom is 0.407 e. The highest BCUT2D eigenvalue weighted by Crippen LogP contribution is 2.20. The lowest BCUT2D eigenvalue weighted by molar-refractivity contribution is 0.0870. The Hall–Kier alpha value is -3.17. The van der Waals surface area contributed by atoms with Crippen LogP contribution in [0.3, 0.4) is 0 Å². The lowest BCUT2D eigenvalue weighted by Gasteiger charge is -2.29. The van der Waals surface area contributed by atoms with Gasteiger partial charge in [0.15, 0.2) is 11.6 Å². The first kappa shape index (κ1) is 19.6. The van der Waals surface area contributed by atoms with Gasteiger partial charge in [0.1, 0.15) is 30.7 Å². The molecule has 8 nitrogen and oxygen atoms in total. The number of ether oxygens (including phenoxy) is 2. The summed E-state index contributed by atoms with van der Waals surface area (Å²) in [7, 11) is 0. The molecule has 1 aromatic carbocycles. The Labute approximate surface area is 160 Å². The van der Waals surface area contributed by atoms with Crippen LogP contribution in [0.5, 0.6) is 11.6 Å². The molecule has 0 bridgehead atoms. The number of nitrogens with one attached hydrogen (secondary N) is 1. The molecule has 0 aliphatic carbocycles. The molecule has 28 heavy (non-hydrogen) atoms. The van der Waals surface area contributed by atoms with Gasteiger partial charge in [-0.3, -0.25) is 0 Å². The third-order valence-corrected chi connectivity index (χ3v) is 4.20. The molecule has 3 rings (SSSR count). The van der Waals surface area contributed by atoms with Gasteiger partial charge in [-0.15, -0.1) is 0 Å². The maximum absolute atomic E-state index is 13.5. The monoisotopic (exact) mass is 394 g/mol. The van der Waals surface area contributed by atoms with E-state index in [0.717, 1.165) is 18.2 Å². The second-order valence-electron chi connectivity index (χ2n) is 6.18. The molecule has 2 heterocycles. The van der Waals surface area contributed by atoms with E-state index < -0.39 is 17.7 Å². The molecule has 2 aromatic rings. The molecule has 1 aliphatic rings. The maximum atomic E-state index is 13.5. The molecule has 0 radical (unpaired) electrons. The Bertz CT molecular complexity index is 816. The van der Waals surface area contributed by atoms with Crippen LogP contribution < -0.4 is 14.8 Å². The zero-order chi connectivity index (χ0) is 19.9. The number of amides is 1. The van der Waals surface area contributed by atoms with Gasteiger partial charge in [-0.1, -0.05) is 0 Å². The van der Waals surface area contributed by atoms with Crippen molar-refractivity contribution >= 4 is 11.9 Å². The highest BCUT2D eigenvalue weighted by Gasteiger charge is 2.23. The van der Waals surface area contributed by atoms with E-state index in [0.29, 0.717) is 44.2 Å². The van der Waals surface area contributed by atoms with Crippen LogP contribution in [0.4, 0.5) is 19.4 Å². The molecule has 0 spiro atoms. The van der Waals surface area contributed by atoms with E-state index in [1.54, 1.807) is 6.07 Å². The number of likely N-dealkylation sites (tertiary alicyclic amines) is 1. The first-order valence-corrected chi connectivity index (χ1v) is 8.79. The van der Waals surface area contributed by atoms with E-state index in [1.165, 1.54) is 11.2 Å². The van der Waals surface area contributed by atoms with Gasteiger partial charge < -0.3 is 24.8 Å². The number of nitrogens with zero attached hydrogens (tertiary/aromatic N) is 3. The minimum atomic E-state index is -0.924. The first-order chi connectivity index (χ1) is 13.5. The van der Waals surface area contributed by atoms with Crippen molar-refractivity contribution < 1.29 is 28.2 Å². The summed E-state index contributed by atoms with van der Waals surface area (Å²) in [6.45, 7) is 1.26. The Morgan fingerprint density at radius 1 is 1.25 bits per heavy atom. The minimum Gasteiger partial charge on any atom is -0.489 e. The SMILES string of the molecule is O=C(O)N1CCC(Oc2cc(NCCOc3cc(F)ccc3F)ncn2)CC1. The number of halogens is 2. The number of anilines is 1. The summed E-state index contributed by atoms with van der Waals surface area (Å²) < 4.78 is 37.6. The van der Waals surface area contributed by atoms with Crippen LogP contribution in [0.15, 0.2) is 30.6 Å². The van der Waals surface area contributed by atoms with E-state index >= 15 is 0 Å². The lowest BCUT2D eigenvalue weighted by atomic mass is 10.1. The normalized spacial score (nSPS) is 14.6. The molecule has 2 N–H and O–H groups in total. The Morgan fingerprint density at radius 2 is 2.04 bits per heavy atom. The fraction of sp³-hybridized carbons (Fsp3) is 0.389. The molecular weight excluding hydrogens is 374 g/mol. The van der Waals surface area contributed by atoms with Gasteiger partial charge in [-0.25, -0.2) is 23.5 Å². The number of benzene rings is 1. The molecule has 1 fully saturated rings. The molecule has 0 atom stereocenters. The third kappa shape index (κ3) is 5.41. The number of rotatable bonds is 7. The summed E-state index contributed by atoms with van der Waals surface area (Å²) in [4.78, 5) is 20.4. The quantitative estimate of drug-likeness (QED) is 0.697. The number of piperidine rings is 1. The Morgan fingerprint density at radius 3 is 2.79 bits per heavy atom. The Kier molecular flexibility index (Phi) is 6.41. The van der Waals surface area contributed by atoms with Gasteiger partial charge in [0.25, 0.3) is 0 Å². The van der Waals surface area contributed by atoms with E-state index in [-0.39, 0.29) is 18.5 Å². The van der Waals surface area contributed by atoms with Crippen LogP contribution in [-0.4, -0.2) is 58.4 Å². The molecule has 1 aliphatic heterocycles. The highest BCUT2D eigenvalue weighted by atomic mass is 19.1. The second kappa shape index (κ2) is 9.16. The van der Waals surface area contributed by atoms with Crippen molar-refractivity contribution in [1.29, 1.82) is 0 Å². The van der Waals surface area contributed by atoms with Crippen LogP contribution in [0.1, 0.15) is 12.8 Å². The average molecular weight is 394 g/mol. The van der Waals surface area contributed by atoms with E-state index in [2.05, 4.69) is 15.3 Å². The van der Waals surface area contributed by atoms with E-state index in [4.69, 9.17) is 14.6 Å². The third-order valence-electron chi connectivity index (χ3n) is 4.20. The molecule has 0 unspecified atom stereocenters. The van der Waals surface area contributed by atoms with Gasteiger partial charge >= 0.3 is 6.09 Å².